The molecule has 0 spiro atoms. The van der Waals surface area contributed by atoms with Crippen LogP contribution < -0.4 is 0 Å². The molecule has 0 radical (unpaired) electrons. The zero-order valence-electron chi connectivity index (χ0n) is 9.39. The van der Waals surface area contributed by atoms with Crippen LogP contribution >= 0.6 is 0 Å². The predicted octanol–water partition coefficient (Wildman–Crippen LogP) is 3.38. The topological polar surface area (TPSA) is 9.23 Å². The molecule has 2 aliphatic rings. The maximum Gasteiger partial charge on any atom is 0.0667 e. The highest BCUT2D eigenvalue weighted by molar-refractivity contribution is 4.97. The van der Waals surface area contributed by atoms with Gasteiger partial charge in [-0.25, -0.2) is 0 Å². The van der Waals surface area contributed by atoms with Crippen molar-refractivity contribution in [3.63, 3.8) is 0 Å². The molecule has 2 rings (SSSR count). The molecule has 0 unspecified atom stereocenters. The van der Waals surface area contributed by atoms with Crippen molar-refractivity contribution in [1.29, 1.82) is 0 Å². The molecule has 2 fully saturated rings. The highest BCUT2D eigenvalue weighted by atomic mass is 16.5. The van der Waals surface area contributed by atoms with E-state index in [0.717, 1.165) is 11.8 Å². The van der Waals surface area contributed by atoms with Crippen LogP contribution in [0.25, 0.3) is 0 Å². The Hall–Kier alpha value is -0.0400. The fourth-order valence-corrected chi connectivity index (χ4v) is 4.02. The van der Waals surface area contributed by atoms with Crippen LogP contribution in [-0.4, -0.2) is 11.2 Å². The van der Waals surface area contributed by atoms with Crippen molar-refractivity contribution in [2.45, 2.75) is 64.6 Å². The molecular weight excluding hydrogens is 160 g/mol. The molecule has 0 aliphatic carbocycles. The standard InChI is InChI=1S/C12H22O/c1-9-5-11(3)7-10(2)8-12(4,6-9)13-11/h9-10H,5-8H2,1-4H3. The third kappa shape index (κ3) is 1.76. The van der Waals surface area contributed by atoms with Gasteiger partial charge in [-0.3, -0.25) is 0 Å². The Morgan fingerprint density at radius 3 is 1.46 bits per heavy atom. The maximum absolute atomic E-state index is 6.24. The van der Waals surface area contributed by atoms with Gasteiger partial charge in [0.2, 0.25) is 0 Å². The number of hydrogen-bond donors (Lipinski definition) is 0. The lowest BCUT2D eigenvalue weighted by molar-refractivity contribution is -0.228. The quantitative estimate of drug-likeness (QED) is 0.558. The molecule has 2 bridgehead atoms. The van der Waals surface area contributed by atoms with Crippen LogP contribution in [0.1, 0.15) is 53.4 Å². The van der Waals surface area contributed by atoms with Gasteiger partial charge in [-0.15, -0.1) is 0 Å². The molecule has 2 aliphatic heterocycles. The van der Waals surface area contributed by atoms with Crippen molar-refractivity contribution in [2.75, 3.05) is 0 Å². The Balaban J connectivity index is 2.22. The van der Waals surface area contributed by atoms with Gasteiger partial charge in [-0.2, -0.15) is 0 Å². The van der Waals surface area contributed by atoms with Crippen molar-refractivity contribution >= 4 is 0 Å². The van der Waals surface area contributed by atoms with Crippen molar-refractivity contribution < 1.29 is 4.74 Å². The van der Waals surface area contributed by atoms with Crippen molar-refractivity contribution in [3.05, 3.63) is 0 Å². The maximum atomic E-state index is 6.24. The summed E-state index contributed by atoms with van der Waals surface area (Å²) in [6.45, 7) is 9.34. The van der Waals surface area contributed by atoms with Gasteiger partial charge in [0.15, 0.2) is 0 Å². The average Bonchev–Trinajstić information content (AvgIpc) is 1.75. The second-order valence-electron chi connectivity index (χ2n) is 6.03. The van der Waals surface area contributed by atoms with Crippen LogP contribution in [0.2, 0.25) is 0 Å². The first-order valence-corrected chi connectivity index (χ1v) is 5.61. The molecule has 1 heteroatoms. The molecule has 2 saturated heterocycles. The lowest BCUT2D eigenvalue weighted by Gasteiger charge is -2.54. The number of hydrogen-bond acceptors (Lipinski definition) is 1. The van der Waals surface area contributed by atoms with Gasteiger partial charge in [-0.05, 0) is 51.4 Å². The Kier molecular flexibility index (Phi) is 1.99. The van der Waals surface area contributed by atoms with E-state index in [0.29, 0.717) is 0 Å². The van der Waals surface area contributed by atoms with Crippen LogP contribution in [0.4, 0.5) is 0 Å². The summed E-state index contributed by atoms with van der Waals surface area (Å²) < 4.78 is 6.24. The van der Waals surface area contributed by atoms with E-state index in [-0.39, 0.29) is 11.2 Å². The lowest BCUT2D eigenvalue weighted by Crippen LogP contribution is -2.53. The predicted molar refractivity (Wildman–Crippen MR) is 54.7 cm³/mol. The van der Waals surface area contributed by atoms with Crippen molar-refractivity contribution in [3.8, 4) is 0 Å². The number of ether oxygens (including phenoxy) is 1. The monoisotopic (exact) mass is 182 g/mol. The molecule has 0 aromatic carbocycles. The minimum atomic E-state index is 0.185. The molecule has 0 aromatic rings. The summed E-state index contributed by atoms with van der Waals surface area (Å²) in [4.78, 5) is 0. The third-order valence-corrected chi connectivity index (χ3v) is 3.61. The van der Waals surface area contributed by atoms with Gasteiger partial charge in [-0.1, -0.05) is 13.8 Å². The van der Waals surface area contributed by atoms with E-state index in [1.807, 2.05) is 0 Å². The van der Waals surface area contributed by atoms with Gasteiger partial charge < -0.3 is 4.74 Å². The first-order chi connectivity index (χ1) is 5.91. The Morgan fingerprint density at radius 1 is 0.846 bits per heavy atom. The molecular formula is C12H22O. The smallest absolute Gasteiger partial charge is 0.0667 e. The molecule has 0 amide bonds. The number of fused-ring (bicyclic) bond motifs is 2. The van der Waals surface area contributed by atoms with Gasteiger partial charge >= 0.3 is 0 Å². The minimum absolute atomic E-state index is 0.185. The fraction of sp³-hybridized carbons (Fsp3) is 1.00. The van der Waals surface area contributed by atoms with E-state index in [1.165, 1.54) is 25.7 Å². The summed E-state index contributed by atoms with van der Waals surface area (Å²) in [5.74, 6) is 1.69. The summed E-state index contributed by atoms with van der Waals surface area (Å²) in [5.41, 5.74) is 0.369. The molecule has 13 heavy (non-hydrogen) atoms. The largest absolute Gasteiger partial charge is 0.369 e. The second-order valence-corrected chi connectivity index (χ2v) is 6.03. The Morgan fingerprint density at radius 2 is 1.15 bits per heavy atom. The van der Waals surface area contributed by atoms with E-state index in [1.54, 1.807) is 0 Å². The van der Waals surface area contributed by atoms with Gasteiger partial charge in [0.25, 0.3) is 0 Å². The van der Waals surface area contributed by atoms with E-state index in [9.17, 15) is 0 Å². The molecule has 1 nitrogen and oxygen atoms in total. The van der Waals surface area contributed by atoms with Crippen molar-refractivity contribution in [2.24, 2.45) is 11.8 Å². The van der Waals surface area contributed by atoms with Crippen LogP contribution in [-0.2, 0) is 4.74 Å². The normalized spacial score (nSPS) is 56.3. The Bertz CT molecular complexity index is 175. The SMILES string of the molecule is CC1CC2(C)CC(C)CC(C)(C1)O2. The van der Waals surface area contributed by atoms with Gasteiger partial charge in [0.05, 0.1) is 11.2 Å². The minimum Gasteiger partial charge on any atom is -0.369 e. The second kappa shape index (κ2) is 2.73. The van der Waals surface area contributed by atoms with Gasteiger partial charge in [0, 0.05) is 0 Å². The molecule has 0 saturated carbocycles. The van der Waals surface area contributed by atoms with Crippen LogP contribution in [0.3, 0.4) is 0 Å². The van der Waals surface area contributed by atoms with E-state index in [4.69, 9.17) is 4.74 Å². The number of rotatable bonds is 0. The average molecular weight is 182 g/mol. The fourth-order valence-electron chi connectivity index (χ4n) is 4.02. The summed E-state index contributed by atoms with van der Waals surface area (Å²) in [6, 6.07) is 0. The molecule has 0 N–H and O–H groups in total. The first kappa shape index (κ1) is 9.51. The zero-order valence-corrected chi connectivity index (χ0v) is 9.39. The Labute approximate surface area is 81.9 Å². The molecule has 76 valence electrons. The molecule has 0 aromatic heterocycles. The third-order valence-electron chi connectivity index (χ3n) is 3.61. The lowest BCUT2D eigenvalue weighted by atomic mass is 9.69. The van der Waals surface area contributed by atoms with Crippen molar-refractivity contribution in [1.82, 2.24) is 0 Å². The molecule has 2 heterocycles. The van der Waals surface area contributed by atoms with Crippen LogP contribution in [0.5, 0.6) is 0 Å². The zero-order chi connectivity index (χ0) is 9.69. The van der Waals surface area contributed by atoms with E-state index in [2.05, 4.69) is 27.7 Å². The summed E-state index contributed by atoms with van der Waals surface area (Å²) in [6.07, 6.45) is 5.03. The summed E-state index contributed by atoms with van der Waals surface area (Å²) in [5, 5.41) is 0. The molecule has 0 atom stereocenters. The summed E-state index contributed by atoms with van der Waals surface area (Å²) >= 11 is 0. The van der Waals surface area contributed by atoms with Crippen LogP contribution in [0, 0.1) is 11.8 Å². The van der Waals surface area contributed by atoms with Crippen LogP contribution in [0.15, 0.2) is 0 Å². The highest BCUT2D eigenvalue weighted by Gasteiger charge is 2.48. The highest BCUT2D eigenvalue weighted by Crippen LogP contribution is 2.49. The van der Waals surface area contributed by atoms with Gasteiger partial charge in [0.1, 0.15) is 0 Å². The van der Waals surface area contributed by atoms with E-state index >= 15 is 0 Å². The van der Waals surface area contributed by atoms with E-state index < -0.39 is 0 Å². The summed E-state index contributed by atoms with van der Waals surface area (Å²) in [7, 11) is 0. The first-order valence-electron chi connectivity index (χ1n) is 5.61.